The van der Waals surface area contributed by atoms with Crippen LogP contribution in [-0.4, -0.2) is 28.3 Å². The van der Waals surface area contributed by atoms with Gasteiger partial charge in [-0.15, -0.1) is 0 Å². The fourth-order valence-electron chi connectivity index (χ4n) is 2.81. The lowest BCUT2D eigenvalue weighted by molar-refractivity contribution is -0.139. The standard InChI is InChI=1S/C19H16N4O2/c1-25-19(24)10-14-9-18(15-4-2-3-5-16(15)22-14)21-13-7-6-12-11-20-23-17(12)8-13/h2-9,11H,10H2,1H3,(H,20,23)(H,21,22). The molecule has 25 heavy (non-hydrogen) atoms. The van der Waals surface area contributed by atoms with Crippen molar-refractivity contribution < 1.29 is 9.53 Å². The van der Waals surface area contributed by atoms with Crippen LogP contribution in [0, 0.1) is 0 Å². The van der Waals surface area contributed by atoms with Crippen molar-refractivity contribution in [2.45, 2.75) is 6.42 Å². The molecule has 0 aliphatic heterocycles. The van der Waals surface area contributed by atoms with Gasteiger partial charge >= 0.3 is 5.97 Å². The van der Waals surface area contributed by atoms with E-state index in [1.165, 1.54) is 7.11 Å². The Kier molecular flexibility index (Phi) is 3.78. The van der Waals surface area contributed by atoms with Gasteiger partial charge in [-0.25, -0.2) is 0 Å². The number of aromatic amines is 1. The van der Waals surface area contributed by atoms with Crippen molar-refractivity contribution in [2.24, 2.45) is 0 Å². The second-order valence-corrected chi connectivity index (χ2v) is 5.73. The molecule has 2 aromatic carbocycles. The molecule has 0 saturated carbocycles. The third-order valence-electron chi connectivity index (χ3n) is 4.04. The average Bonchev–Trinajstić information content (AvgIpc) is 3.09. The predicted octanol–water partition coefficient (Wildman–Crippen LogP) is 3.57. The van der Waals surface area contributed by atoms with Crippen LogP contribution >= 0.6 is 0 Å². The van der Waals surface area contributed by atoms with Crippen molar-refractivity contribution in [1.29, 1.82) is 0 Å². The summed E-state index contributed by atoms with van der Waals surface area (Å²) >= 11 is 0. The number of benzene rings is 2. The summed E-state index contributed by atoms with van der Waals surface area (Å²) in [5.74, 6) is -0.312. The lowest BCUT2D eigenvalue weighted by Crippen LogP contribution is -2.07. The largest absolute Gasteiger partial charge is 0.469 e. The third-order valence-corrected chi connectivity index (χ3v) is 4.04. The number of ether oxygens (including phenoxy) is 1. The number of aromatic nitrogens is 3. The minimum absolute atomic E-state index is 0.135. The molecular formula is C19H16N4O2. The normalized spacial score (nSPS) is 10.9. The molecule has 0 fully saturated rings. The molecule has 2 heterocycles. The molecule has 0 saturated heterocycles. The molecule has 0 aliphatic carbocycles. The van der Waals surface area contributed by atoms with Crippen LogP contribution in [-0.2, 0) is 16.0 Å². The molecule has 0 bridgehead atoms. The number of nitrogens with one attached hydrogen (secondary N) is 2. The Hall–Kier alpha value is -3.41. The van der Waals surface area contributed by atoms with Gasteiger partial charge in [0.2, 0.25) is 0 Å². The first-order chi connectivity index (χ1) is 12.2. The highest BCUT2D eigenvalue weighted by atomic mass is 16.5. The van der Waals surface area contributed by atoms with E-state index in [2.05, 4.69) is 20.5 Å². The van der Waals surface area contributed by atoms with Crippen molar-refractivity contribution in [2.75, 3.05) is 12.4 Å². The summed E-state index contributed by atoms with van der Waals surface area (Å²) in [6.45, 7) is 0. The van der Waals surface area contributed by atoms with Crippen LogP contribution in [0.25, 0.3) is 21.8 Å². The van der Waals surface area contributed by atoms with E-state index >= 15 is 0 Å². The molecule has 0 amide bonds. The molecule has 0 atom stereocenters. The molecule has 6 nitrogen and oxygen atoms in total. The Morgan fingerprint density at radius 2 is 2.08 bits per heavy atom. The molecule has 0 unspecified atom stereocenters. The fraction of sp³-hybridized carbons (Fsp3) is 0.105. The van der Waals surface area contributed by atoms with E-state index in [4.69, 9.17) is 4.74 Å². The average molecular weight is 332 g/mol. The zero-order valence-electron chi connectivity index (χ0n) is 13.6. The minimum atomic E-state index is -0.312. The van der Waals surface area contributed by atoms with Gasteiger partial charge in [0.1, 0.15) is 0 Å². The summed E-state index contributed by atoms with van der Waals surface area (Å²) in [6.07, 6.45) is 1.92. The molecule has 2 aromatic heterocycles. The first kappa shape index (κ1) is 15.1. The van der Waals surface area contributed by atoms with Gasteiger partial charge in [-0.1, -0.05) is 18.2 Å². The van der Waals surface area contributed by atoms with E-state index in [-0.39, 0.29) is 12.4 Å². The lowest BCUT2D eigenvalue weighted by Gasteiger charge is -2.12. The van der Waals surface area contributed by atoms with E-state index in [0.29, 0.717) is 5.69 Å². The number of pyridine rings is 1. The van der Waals surface area contributed by atoms with Crippen molar-refractivity contribution >= 4 is 39.1 Å². The first-order valence-corrected chi connectivity index (χ1v) is 7.88. The van der Waals surface area contributed by atoms with E-state index in [1.54, 1.807) is 6.20 Å². The Bertz CT molecular complexity index is 1070. The number of anilines is 2. The second kappa shape index (κ2) is 6.24. The quantitative estimate of drug-likeness (QED) is 0.559. The van der Waals surface area contributed by atoms with E-state index in [9.17, 15) is 4.79 Å². The van der Waals surface area contributed by atoms with Gasteiger partial charge in [0.05, 0.1) is 36.5 Å². The highest BCUT2D eigenvalue weighted by Gasteiger charge is 2.10. The number of carbonyl (C=O) groups excluding carboxylic acids is 1. The SMILES string of the molecule is COC(=O)Cc1cc(Nc2ccc3cn[nH]c3c2)c2ccccc2n1. The third kappa shape index (κ3) is 3.01. The highest BCUT2D eigenvalue weighted by Crippen LogP contribution is 2.28. The number of para-hydroxylation sites is 1. The number of fused-ring (bicyclic) bond motifs is 2. The van der Waals surface area contributed by atoms with E-state index in [1.807, 2.05) is 48.5 Å². The summed E-state index contributed by atoms with van der Waals surface area (Å²) < 4.78 is 4.75. The van der Waals surface area contributed by atoms with Gasteiger partial charge in [-0.3, -0.25) is 14.9 Å². The van der Waals surface area contributed by atoms with Gasteiger partial charge in [-0.05, 0) is 30.3 Å². The molecule has 4 aromatic rings. The maximum atomic E-state index is 11.6. The molecular weight excluding hydrogens is 316 g/mol. The summed E-state index contributed by atoms with van der Waals surface area (Å²) in [5.41, 5.74) is 4.27. The van der Waals surface area contributed by atoms with Crippen molar-refractivity contribution in [1.82, 2.24) is 15.2 Å². The highest BCUT2D eigenvalue weighted by molar-refractivity contribution is 5.94. The number of carbonyl (C=O) groups is 1. The van der Waals surface area contributed by atoms with Gasteiger partial charge in [0.25, 0.3) is 0 Å². The predicted molar refractivity (Wildman–Crippen MR) is 96.8 cm³/mol. The van der Waals surface area contributed by atoms with Crippen LogP contribution in [0.2, 0.25) is 0 Å². The monoisotopic (exact) mass is 332 g/mol. The number of nitrogens with zero attached hydrogens (tertiary/aromatic N) is 2. The first-order valence-electron chi connectivity index (χ1n) is 7.88. The molecule has 2 N–H and O–H groups in total. The van der Waals surface area contributed by atoms with Crippen molar-refractivity contribution in [3.05, 3.63) is 60.4 Å². The van der Waals surface area contributed by atoms with E-state index < -0.39 is 0 Å². The maximum Gasteiger partial charge on any atom is 0.311 e. The maximum absolute atomic E-state index is 11.6. The van der Waals surface area contributed by atoms with Crippen LogP contribution in [0.15, 0.2) is 54.7 Å². The smallest absolute Gasteiger partial charge is 0.311 e. The van der Waals surface area contributed by atoms with Gasteiger partial charge in [0.15, 0.2) is 0 Å². The van der Waals surface area contributed by atoms with Crippen molar-refractivity contribution in [3.8, 4) is 0 Å². The molecule has 6 heteroatoms. The van der Waals surface area contributed by atoms with Gasteiger partial charge in [-0.2, -0.15) is 5.10 Å². The molecule has 0 spiro atoms. The topological polar surface area (TPSA) is 79.9 Å². The van der Waals surface area contributed by atoms with Crippen LogP contribution in [0.5, 0.6) is 0 Å². The fourth-order valence-corrected chi connectivity index (χ4v) is 2.81. The molecule has 124 valence electrons. The van der Waals surface area contributed by atoms with Crippen LogP contribution < -0.4 is 5.32 Å². The zero-order valence-corrected chi connectivity index (χ0v) is 13.6. The van der Waals surface area contributed by atoms with Crippen LogP contribution in [0.4, 0.5) is 11.4 Å². The molecule has 0 radical (unpaired) electrons. The Morgan fingerprint density at radius 1 is 1.20 bits per heavy atom. The zero-order chi connectivity index (χ0) is 17.2. The summed E-state index contributed by atoms with van der Waals surface area (Å²) in [7, 11) is 1.38. The number of H-pyrrole nitrogens is 1. The lowest BCUT2D eigenvalue weighted by atomic mass is 10.1. The van der Waals surface area contributed by atoms with Crippen LogP contribution in [0.3, 0.4) is 0 Å². The van der Waals surface area contributed by atoms with Crippen molar-refractivity contribution in [3.63, 3.8) is 0 Å². The Labute approximate surface area is 143 Å². The van der Waals surface area contributed by atoms with Crippen LogP contribution in [0.1, 0.15) is 5.69 Å². The number of hydrogen-bond donors (Lipinski definition) is 2. The summed E-state index contributed by atoms with van der Waals surface area (Å²) in [5, 5.41) is 12.5. The van der Waals surface area contributed by atoms with Gasteiger partial charge < -0.3 is 10.1 Å². The van der Waals surface area contributed by atoms with E-state index in [0.717, 1.165) is 33.2 Å². The number of methoxy groups -OCH3 is 1. The Morgan fingerprint density at radius 3 is 2.96 bits per heavy atom. The molecule has 0 aliphatic rings. The summed E-state index contributed by atoms with van der Waals surface area (Å²) in [6, 6.07) is 15.7. The van der Waals surface area contributed by atoms with Gasteiger partial charge in [0, 0.05) is 22.1 Å². The number of rotatable bonds is 4. The number of hydrogen-bond acceptors (Lipinski definition) is 5. The Balaban J connectivity index is 1.77. The second-order valence-electron chi connectivity index (χ2n) is 5.73. The number of esters is 1. The minimum Gasteiger partial charge on any atom is -0.469 e. The molecule has 4 rings (SSSR count). The summed E-state index contributed by atoms with van der Waals surface area (Å²) in [4.78, 5) is 16.2.